The molecule has 4 heterocycles. The Balaban J connectivity index is 1.50. The second-order valence-corrected chi connectivity index (χ2v) is 7.49. The van der Waals surface area contributed by atoms with Crippen LogP contribution in [0.1, 0.15) is 37.1 Å². The van der Waals surface area contributed by atoms with Crippen molar-refractivity contribution in [3.63, 3.8) is 0 Å². The van der Waals surface area contributed by atoms with E-state index in [-0.39, 0.29) is 0 Å². The first-order chi connectivity index (χ1) is 12.3. The molecule has 0 bridgehead atoms. The maximum absolute atomic E-state index is 4.56. The quantitative estimate of drug-likeness (QED) is 0.706. The highest BCUT2D eigenvalue weighted by Gasteiger charge is 2.24. The predicted molar refractivity (Wildman–Crippen MR) is 103 cm³/mol. The van der Waals surface area contributed by atoms with Crippen molar-refractivity contribution in [2.24, 2.45) is 0 Å². The summed E-state index contributed by atoms with van der Waals surface area (Å²) in [5.41, 5.74) is 3.65. The summed E-state index contributed by atoms with van der Waals surface area (Å²) in [5, 5.41) is 2.33. The van der Waals surface area contributed by atoms with E-state index in [9.17, 15) is 0 Å². The van der Waals surface area contributed by atoms with Gasteiger partial charge in [-0.05, 0) is 50.8 Å². The molecule has 1 fully saturated rings. The Morgan fingerprint density at radius 3 is 3.08 bits per heavy atom. The van der Waals surface area contributed by atoms with Gasteiger partial charge in [0.15, 0.2) is 5.16 Å². The molecule has 3 aromatic rings. The molecule has 0 radical (unpaired) electrons. The van der Waals surface area contributed by atoms with Crippen LogP contribution in [0, 0.1) is 0 Å². The summed E-state index contributed by atoms with van der Waals surface area (Å²) in [6, 6.07) is 6.41. The lowest BCUT2D eigenvalue weighted by atomic mass is 9.94. The first-order valence-corrected chi connectivity index (χ1v) is 10.3. The molecule has 1 aliphatic rings. The fraction of sp³-hybridized carbons (Fsp3) is 0.474. The van der Waals surface area contributed by atoms with Crippen molar-refractivity contribution in [1.29, 1.82) is 0 Å². The third kappa shape index (κ3) is 3.33. The summed E-state index contributed by atoms with van der Waals surface area (Å²) in [4.78, 5) is 15.1. The van der Waals surface area contributed by atoms with Crippen molar-refractivity contribution in [3.8, 4) is 0 Å². The first kappa shape index (κ1) is 16.7. The van der Waals surface area contributed by atoms with Gasteiger partial charge in [-0.15, -0.1) is 0 Å². The summed E-state index contributed by atoms with van der Waals surface area (Å²) >= 11 is 1.72. The van der Waals surface area contributed by atoms with E-state index in [2.05, 4.69) is 49.7 Å². The van der Waals surface area contributed by atoms with Crippen LogP contribution in [-0.4, -0.2) is 43.8 Å². The molecule has 0 spiro atoms. The van der Waals surface area contributed by atoms with Gasteiger partial charge in [0.1, 0.15) is 5.65 Å². The van der Waals surface area contributed by atoms with Gasteiger partial charge in [0.25, 0.3) is 0 Å². The van der Waals surface area contributed by atoms with E-state index in [1.54, 1.807) is 11.8 Å². The number of piperidine rings is 1. The molecular weight excluding hydrogens is 330 g/mol. The highest BCUT2D eigenvalue weighted by molar-refractivity contribution is 7.98. The summed E-state index contributed by atoms with van der Waals surface area (Å²) in [7, 11) is 0. The lowest BCUT2D eigenvalue weighted by Gasteiger charge is -2.32. The van der Waals surface area contributed by atoms with E-state index in [0.29, 0.717) is 5.92 Å². The Morgan fingerprint density at radius 2 is 2.28 bits per heavy atom. The molecule has 1 atom stereocenters. The third-order valence-electron chi connectivity index (χ3n) is 5.14. The standard InChI is InChI=1S/C19H25N5S/c1-3-24-16(11-21-19(24)25-2)13-23-9-5-7-15(12-23)17-10-14-6-4-8-20-18(14)22-17/h4,6,8,10-11,15H,3,5,7,9,12-13H2,1-2H3,(H,20,22)/t15-/m0/s1. The number of aromatic amines is 1. The van der Waals surface area contributed by atoms with Crippen LogP contribution in [0.2, 0.25) is 0 Å². The molecule has 6 heteroatoms. The predicted octanol–water partition coefficient (Wildman–Crippen LogP) is 3.88. The number of rotatable bonds is 5. The average molecular weight is 356 g/mol. The minimum Gasteiger partial charge on any atom is -0.343 e. The van der Waals surface area contributed by atoms with Crippen LogP contribution in [0.5, 0.6) is 0 Å². The number of nitrogens with one attached hydrogen (secondary N) is 1. The van der Waals surface area contributed by atoms with Crippen molar-refractivity contribution >= 4 is 22.8 Å². The van der Waals surface area contributed by atoms with E-state index in [1.165, 1.54) is 36.2 Å². The lowest BCUT2D eigenvalue weighted by Crippen LogP contribution is -2.34. The van der Waals surface area contributed by atoms with Crippen LogP contribution in [0.15, 0.2) is 35.7 Å². The van der Waals surface area contributed by atoms with Crippen LogP contribution < -0.4 is 0 Å². The summed E-state index contributed by atoms with van der Waals surface area (Å²) in [5.74, 6) is 0.556. The Labute approximate surface area is 152 Å². The molecule has 25 heavy (non-hydrogen) atoms. The molecule has 0 amide bonds. The minimum atomic E-state index is 0.556. The van der Waals surface area contributed by atoms with Gasteiger partial charge in [-0.1, -0.05) is 11.8 Å². The van der Waals surface area contributed by atoms with E-state index >= 15 is 0 Å². The molecule has 5 nitrogen and oxygen atoms in total. The van der Waals surface area contributed by atoms with Gasteiger partial charge in [0.05, 0.1) is 11.9 Å². The zero-order valence-electron chi connectivity index (χ0n) is 14.9. The summed E-state index contributed by atoms with van der Waals surface area (Å²) < 4.78 is 2.33. The Hall–Kier alpha value is -1.79. The molecule has 0 aromatic carbocycles. The Morgan fingerprint density at radius 1 is 1.36 bits per heavy atom. The molecule has 4 rings (SSSR count). The maximum atomic E-state index is 4.56. The molecular formula is C19H25N5S. The average Bonchev–Trinajstić information content (AvgIpc) is 3.25. The van der Waals surface area contributed by atoms with Crippen LogP contribution >= 0.6 is 11.8 Å². The second-order valence-electron chi connectivity index (χ2n) is 6.72. The molecule has 1 saturated heterocycles. The summed E-state index contributed by atoms with van der Waals surface area (Å²) in [6.45, 7) is 6.42. The topological polar surface area (TPSA) is 49.7 Å². The number of likely N-dealkylation sites (tertiary alicyclic amines) is 1. The Kier molecular flexibility index (Phi) is 4.81. The number of thioether (sulfide) groups is 1. The second kappa shape index (κ2) is 7.22. The third-order valence-corrected chi connectivity index (χ3v) is 5.83. The number of imidazole rings is 1. The van der Waals surface area contributed by atoms with E-state index in [4.69, 9.17) is 0 Å². The number of hydrogen-bond acceptors (Lipinski definition) is 4. The van der Waals surface area contributed by atoms with Crippen molar-refractivity contribution in [3.05, 3.63) is 42.0 Å². The van der Waals surface area contributed by atoms with Crippen molar-refractivity contribution in [1.82, 2.24) is 24.4 Å². The highest BCUT2D eigenvalue weighted by atomic mass is 32.2. The normalized spacial score (nSPS) is 18.9. The Bertz CT molecular complexity index is 819. The van der Waals surface area contributed by atoms with Crippen molar-refractivity contribution < 1.29 is 0 Å². The van der Waals surface area contributed by atoms with Crippen LogP contribution in [-0.2, 0) is 13.1 Å². The van der Waals surface area contributed by atoms with Gasteiger partial charge in [-0.3, -0.25) is 4.90 Å². The minimum absolute atomic E-state index is 0.556. The SMILES string of the molecule is CCn1c(CN2CCC[C@H](c3cc4cccnc4[nH]3)C2)cnc1SC. The number of H-pyrrole nitrogens is 1. The largest absolute Gasteiger partial charge is 0.343 e. The lowest BCUT2D eigenvalue weighted by molar-refractivity contribution is 0.194. The van der Waals surface area contributed by atoms with E-state index < -0.39 is 0 Å². The highest BCUT2D eigenvalue weighted by Crippen LogP contribution is 2.29. The number of aromatic nitrogens is 4. The first-order valence-electron chi connectivity index (χ1n) is 9.03. The van der Waals surface area contributed by atoms with E-state index in [1.807, 2.05) is 18.5 Å². The monoisotopic (exact) mass is 355 g/mol. The molecule has 132 valence electrons. The fourth-order valence-electron chi connectivity index (χ4n) is 3.90. The fourth-order valence-corrected chi connectivity index (χ4v) is 4.53. The van der Waals surface area contributed by atoms with Gasteiger partial charge >= 0.3 is 0 Å². The zero-order chi connectivity index (χ0) is 17.2. The van der Waals surface area contributed by atoms with Crippen molar-refractivity contribution in [2.75, 3.05) is 19.3 Å². The number of fused-ring (bicyclic) bond motifs is 1. The molecule has 0 unspecified atom stereocenters. The number of nitrogens with zero attached hydrogens (tertiary/aromatic N) is 4. The number of pyridine rings is 1. The van der Waals surface area contributed by atoms with Gasteiger partial charge in [0, 0.05) is 42.8 Å². The smallest absolute Gasteiger partial charge is 0.167 e. The molecule has 0 saturated carbocycles. The van der Waals surface area contributed by atoms with Gasteiger partial charge in [-0.25, -0.2) is 9.97 Å². The summed E-state index contributed by atoms with van der Waals surface area (Å²) in [6.07, 6.45) is 8.48. The van der Waals surface area contributed by atoms with Gasteiger partial charge in [-0.2, -0.15) is 0 Å². The molecule has 3 aromatic heterocycles. The number of hydrogen-bond donors (Lipinski definition) is 1. The van der Waals surface area contributed by atoms with Crippen LogP contribution in [0.4, 0.5) is 0 Å². The molecule has 1 aliphatic heterocycles. The van der Waals surface area contributed by atoms with Gasteiger partial charge < -0.3 is 9.55 Å². The maximum Gasteiger partial charge on any atom is 0.167 e. The van der Waals surface area contributed by atoms with Crippen LogP contribution in [0.25, 0.3) is 11.0 Å². The zero-order valence-corrected chi connectivity index (χ0v) is 15.7. The molecule has 0 aliphatic carbocycles. The molecule has 1 N–H and O–H groups in total. The van der Waals surface area contributed by atoms with E-state index in [0.717, 1.165) is 30.4 Å². The van der Waals surface area contributed by atoms with Gasteiger partial charge in [0.2, 0.25) is 0 Å². The van der Waals surface area contributed by atoms with Crippen molar-refractivity contribution in [2.45, 2.75) is 43.9 Å². The van der Waals surface area contributed by atoms with Crippen LogP contribution in [0.3, 0.4) is 0 Å².